The third-order valence-corrected chi connectivity index (χ3v) is 4.25. The minimum Gasteiger partial charge on any atom is -0.322 e. The van der Waals surface area contributed by atoms with Crippen LogP contribution in [-0.2, 0) is 0 Å². The van der Waals surface area contributed by atoms with Crippen LogP contribution in [0.5, 0.6) is 0 Å². The van der Waals surface area contributed by atoms with E-state index in [1.807, 2.05) is 85.8 Å². The highest BCUT2D eigenvalue weighted by Gasteiger charge is 2.19. The van der Waals surface area contributed by atoms with Crippen LogP contribution in [-0.4, -0.2) is 16.1 Å². The number of aryl methyl sites for hydroxylation is 1. The molecule has 126 valence electrons. The second-order valence-corrected chi connectivity index (χ2v) is 6.13. The molecule has 4 nitrogen and oxygen atoms in total. The van der Waals surface area contributed by atoms with E-state index < -0.39 is 0 Å². The molecular weight excluding hydrogens is 322 g/mol. The highest BCUT2D eigenvalue weighted by Crippen LogP contribution is 2.27. The zero-order valence-corrected chi connectivity index (χ0v) is 14.3. The molecule has 0 atom stereocenters. The van der Waals surface area contributed by atoms with Crippen molar-refractivity contribution in [1.82, 2.24) is 10.2 Å². The molecule has 3 aromatic carbocycles. The lowest BCUT2D eigenvalue weighted by molar-refractivity contribution is 0.102. The Labute approximate surface area is 151 Å². The largest absolute Gasteiger partial charge is 0.322 e. The third kappa shape index (κ3) is 3.05. The zero-order valence-electron chi connectivity index (χ0n) is 14.3. The van der Waals surface area contributed by atoms with Crippen molar-refractivity contribution in [2.45, 2.75) is 6.92 Å². The summed E-state index contributed by atoms with van der Waals surface area (Å²) in [6.45, 7) is 2.01. The minimum absolute atomic E-state index is 0.196. The summed E-state index contributed by atoms with van der Waals surface area (Å²) in [5.41, 5.74) is 4.56. The molecule has 0 bridgehead atoms. The first kappa shape index (κ1) is 16.0. The van der Waals surface area contributed by atoms with Crippen LogP contribution in [0.2, 0.25) is 0 Å². The van der Waals surface area contributed by atoms with E-state index in [9.17, 15) is 4.79 Å². The van der Waals surface area contributed by atoms with Crippen molar-refractivity contribution in [1.29, 1.82) is 0 Å². The van der Waals surface area contributed by atoms with Gasteiger partial charge in [0, 0.05) is 16.6 Å². The molecule has 4 heteroatoms. The summed E-state index contributed by atoms with van der Waals surface area (Å²) >= 11 is 0. The van der Waals surface area contributed by atoms with Gasteiger partial charge in [0.25, 0.3) is 5.91 Å². The van der Waals surface area contributed by atoms with E-state index in [4.69, 9.17) is 0 Å². The average molecular weight is 339 g/mol. The second-order valence-electron chi connectivity index (χ2n) is 6.13. The summed E-state index contributed by atoms with van der Waals surface area (Å²) < 4.78 is 0. The Bertz CT molecular complexity index is 1070. The van der Waals surface area contributed by atoms with Crippen molar-refractivity contribution in [2.24, 2.45) is 0 Å². The van der Waals surface area contributed by atoms with E-state index in [1.54, 1.807) is 0 Å². The van der Waals surface area contributed by atoms with Crippen LogP contribution >= 0.6 is 0 Å². The van der Waals surface area contributed by atoms with Crippen LogP contribution in [0.25, 0.3) is 22.2 Å². The van der Waals surface area contributed by atoms with Crippen molar-refractivity contribution >= 4 is 22.5 Å². The molecule has 0 radical (unpaired) electrons. The Balaban J connectivity index is 1.85. The first-order chi connectivity index (χ1) is 12.7. The Morgan fingerprint density at radius 1 is 0.808 bits per heavy atom. The quantitative estimate of drug-likeness (QED) is 0.580. The number of aromatic nitrogens is 2. The fourth-order valence-corrected chi connectivity index (χ4v) is 2.91. The summed E-state index contributed by atoms with van der Waals surface area (Å²) in [5.74, 6) is -0.196. The van der Waals surface area contributed by atoms with E-state index in [1.165, 1.54) is 0 Å². The molecule has 0 fully saturated rings. The fourth-order valence-electron chi connectivity index (χ4n) is 2.91. The number of amides is 1. The number of hydrogen-bond donors (Lipinski definition) is 1. The smallest absolute Gasteiger partial charge is 0.258 e. The number of carbonyl (C=O) groups excluding carboxylic acids is 1. The number of fused-ring (bicyclic) bond motifs is 1. The highest BCUT2D eigenvalue weighted by molar-refractivity contribution is 6.15. The van der Waals surface area contributed by atoms with Crippen molar-refractivity contribution in [3.63, 3.8) is 0 Å². The van der Waals surface area contributed by atoms with E-state index >= 15 is 0 Å². The molecule has 0 spiro atoms. The van der Waals surface area contributed by atoms with Crippen LogP contribution in [0.1, 0.15) is 15.9 Å². The number of rotatable bonds is 3. The maximum absolute atomic E-state index is 13.1. The Kier molecular flexibility index (Phi) is 4.15. The Morgan fingerprint density at radius 3 is 2.27 bits per heavy atom. The molecule has 1 amide bonds. The molecule has 1 heterocycles. The fraction of sp³-hybridized carbons (Fsp3) is 0.0455. The van der Waals surface area contributed by atoms with Gasteiger partial charge in [0.05, 0.1) is 11.1 Å². The predicted molar refractivity (Wildman–Crippen MR) is 104 cm³/mol. The number of carbonyl (C=O) groups is 1. The standard InChI is InChI=1S/C22H17N3O/c1-15-11-13-17(14-12-15)23-22(26)20-18-9-5-6-10-19(18)24-25-21(20)16-7-3-2-4-8-16/h2-14H,1H3,(H,23,26). The van der Waals surface area contributed by atoms with E-state index in [0.29, 0.717) is 16.8 Å². The van der Waals surface area contributed by atoms with Gasteiger partial charge in [-0.05, 0) is 25.1 Å². The SMILES string of the molecule is Cc1ccc(NC(=O)c2c(-c3ccccc3)nnc3ccccc23)cc1. The maximum Gasteiger partial charge on any atom is 0.258 e. The zero-order chi connectivity index (χ0) is 17.9. The first-order valence-corrected chi connectivity index (χ1v) is 8.41. The lowest BCUT2D eigenvalue weighted by atomic mass is 10.0. The molecule has 4 aromatic rings. The normalized spacial score (nSPS) is 10.7. The molecule has 0 unspecified atom stereocenters. The molecule has 0 aliphatic carbocycles. The molecule has 0 aliphatic rings. The van der Waals surface area contributed by atoms with Gasteiger partial charge in [-0.2, -0.15) is 0 Å². The van der Waals surface area contributed by atoms with Gasteiger partial charge in [0.1, 0.15) is 5.69 Å². The van der Waals surface area contributed by atoms with E-state index in [-0.39, 0.29) is 5.91 Å². The van der Waals surface area contributed by atoms with Gasteiger partial charge in [0.2, 0.25) is 0 Å². The topological polar surface area (TPSA) is 54.9 Å². The van der Waals surface area contributed by atoms with Crippen LogP contribution in [0, 0.1) is 6.92 Å². The summed E-state index contributed by atoms with van der Waals surface area (Å²) in [6, 6.07) is 24.9. The van der Waals surface area contributed by atoms with Gasteiger partial charge >= 0.3 is 0 Å². The molecule has 0 saturated heterocycles. The monoisotopic (exact) mass is 339 g/mol. The van der Waals surface area contributed by atoms with Crippen LogP contribution in [0.15, 0.2) is 78.9 Å². The van der Waals surface area contributed by atoms with Gasteiger partial charge < -0.3 is 5.32 Å². The van der Waals surface area contributed by atoms with E-state index in [0.717, 1.165) is 22.2 Å². The van der Waals surface area contributed by atoms with Gasteiger partial charge in [-0.1, -0.05) is 66.2 Å². The molecule has 0 aliphatic heterocycles. The highest BCUT2D eigenvalue weighted by atomic mass is 16.1. The molecule has 4 rings (SSSR count). The van der Waals surface area contributed by atoms with Crippen molar-refractivity contribution in [3.05, 3.63) is 90.0 Å². The number of anilines is 1. The summed E-state index contributed by atoms with van der Waals surface area (Å²) in [5, 5.41) is 12.4. The summed E-state index contributed by atoms with van der Waals surface area (Å²) in [4.78, 5) is 13.1. The second kappa shape index (κ2) is 6.76. The molecule has 26 heavy (non-hydrogen) atoms. The predicted octanol–water partition coefficient (Wildman–Crippen LogP) is 4.86. The lowest BCUT2D eigenvalue weighted by Gasteiger charge is -2.12. The molecule has 0 saturated carbocycles. The number of hydrogen-bond acceptors (Lipinski definition) is 3. The Hall–Kier alpha value is -3.53. The van der Waals surface area contributed by atoms with Crippen LogP contribution < -0.4 is 5.32 Å². The molecular formula is C22H17N3O. The third-order valence-electron chi connectivity index (χ3n) is 4.25. The first-order valence-electron chi connectivity index (χ1n) is 8.41. The van der Waals surface area contributed by atoms with Gasteiger partial charge in [-0.15, -0.1) is 10.2 Å². The average Bonchev–Trinajstić information content (AvgIpc) is 2.69. The number of nitrogens with zero attached hydrogens (tertiary/aromatic N) is 2. The number of nitrogens with one attached hydrogen (secondary N) is 1. The summed E-state index contributed by atoms with van der Waals surface area (Å²) in [6.07, 6.45) is 0. The van der Waals surface area contributed by atoms with Crippen LogP contribution in [0.3, 0.4) is 0 Å². The van der Waals surface area contributed by atoms with Crippen LogP contribution in [0.4, 0.5) is 5.69 Å². The molecule has 1 aromatic heterocycles. The minimum atomic E-state index is -0.196. The lowest BCUT2D eigenvalue weighted by Crippen LogP contribution is -2.15. The maximum atomic E-state index is 13.1. The van der Waals surface area contributed by atoms with Gasteiger partial charge in [0.15, 0.2) is 0 Å². The van der Waals surface area contributed by atoms with Gasteiger partial charge in [-0.3, -0.25) is 4.79 Å². The summed E-state index contributed by atoms with van der Waals surface area (Å²) in [7, 11) is 0. The number of benzene rings is 3. The van der Waals surface area contributed by atoms with Crippen molar-refractivity contribution in [2.75, 3.05) is 5.32 Å². The Morgan fingerprint density at radius 2 is 1.50 bits per heavy atom. The van der Waals surface area contributed by atoms with Gasteiger partial charge in [-0.25, -0.2) is 0 Å². The van der Waals surface area contributed by atoms with Crippen molar-refractivity contribution in [3.8, 4) is 11.3 Å². The molecule has 1 N–H and O–H groups in total. The van der Waals surface area contributed by atoms with Crippen molar-refractivity contribution < 1.29 is 4.79 Å². The van der Waals surface area contributed by atoms with E-state index in [2.05, 4.69) is 15.5 Å².